The normalized spacial score (nSPS) is 24.1. The van der Waals surface area contributed by atoms with Gasteiger partial charge in [0.2, 0.25) is 5.91 Å². The number of nitrogens with zero attached hydrogens (tertiary/aromatic N) is 1. The Morgan fingerprint density at radius 1 is 0.972 bits per heavy atom. The van der Waals surface area contributed by atoms with Crippen molar-refractivity contribution in [3.05, 3.63) is 0 Å². The zero-order valence-corrected chi connectivity index (χ0v) is 23.9. The Labute approximate surface area is 217 Å². The van der Waals surface area contributed by atoms with Crippen molar-refractivity contribution in [1.82, 2.24) is 20.9 Å². The van der Waals surface area contributed by atoms with Crippen molar-refractivity contribution in [3.8, 4) is 0 Å². The van der Waals surface area contributed by atoms with E-state index >= 15 is 0 Å². The van der Waals surface area contributed by atoms with E-state index in [1.807, 2.05) is 53.4 Å². The van der Waals surface area contributed by atoms with Gasteiger partial charge in [0.15, 0.2) is 0 Å². The van der Waals surface area contributed by atoms with Crippen LogP contribution < -0.4 is 16.0 Å². The molecule has 1 saturated heterocycles. The van der Waals surface area contributed by atoms with Crippen LogP contribution in [-0.4, -0.2) is 71.5 Å². The number of hydrogen-bond acceptors (Lipinski definition) is 5. The van der Waals surface area contributed by atoms with Gasteiger partial charge in [0.25, 0.3) is 0 Å². The number of carbonyl (C=O) groups is 3. The van der Waals surface area contributed by atoms with E-state index in [0.29, 0.717) is 37.4 Å². The van der Waals surface area contributed by atoms with Gasteiger partial charge in [-0.05, 0) is 76.0 Å². The van der Waals surface area contributed by atoms with Gasteiger partial charge in [0, 0.05) is 31.7 Å². The smallest absolute Gasteiger partial charge is 0.407 e. The van der Waals surface area contributed by atoms with E-state index in [4.69, 9.17) is 4.74 Å². The first-order valence-electron chi connectivity index (χ1n) is 13.4. The lowest BCUT2D eigenvalue weighted by Gasteiger charge is -2.32. The molecule has 9 heteroatoms. The fraction of sp³-hybridized carbons (Fsp3) is 0.889. The van der Waals surface area contributed by atoms with Crippen LogP contribution in [0.15, 0.2) is 0 Å². The molecule has 0 aromatic heterocycles. The maximum atomic E-state index is 13.2. The first kappa shape index (κ1) is 30.2. The molecule has 4 N–H and O–H groups in total. The summed E-state index contributed by atoms with van der Waals surface area (Å²) in [6.45, 7) is 20.2. The first-order chi connectivity index (χ1) is 16.3. The Hall–Kier alpha value is -2.03. The van der Waals surface area contributed by atoms with E-state index in [1.165, 1.54) is 0 Å². The lowest BCUT2D eigenvalue weighted by molar-refractivity contribution is -0.133. The van der Waals surface area contributed by atoms with Crippen molar-refractivity contribution < 1.29 is 24.2 Å². The highest BCUT2D eigenvalue weighted by Gasteiger charge is 2.45. The second kappa shape index (κ2) is 11.6. The van der Waals surface area contributed by atoms with Crippen LogP contribution in [-0.2, 0) is 9.53 Å². The van der Waals surface area contributed by atoms with Crippen LogP contribution in [0, 0.1) is 22.7 Å². The summed E-state index contributed by atoms with van der Waals surface area (Å²) in [7, 11) is 0. The third kappa shape index (κ3) is 9.79. The van der Waals surface area contributed by atoms with Gasteiger partial charge in [-0.3, -0.25) is 4.79 Å². The highest BCUT2D eigenvalue weighted by Crippen LogP contribution is 2.39. The second-order valence-corrected chi connectivity index (χ2v) is 13.9. The van der Waals surface area contributed by atoms with Gasteiger partial charge >= 0.3 is 12.2 Å². The molecule has 1 aliphatic heterocycles. The highest BCUT2D eigenvalue weighted by molar-refractivity contribution is 5.85. The van der Waals surface area contributed by atoms with Crippen molar-refractivity contribution in [1.29, 1.82) is 0 Å². The minimum atomic E-state index is -1.16. The Bertz CT molecular complexity index is 786. The Morgan fingerprint density at radius 2 is 1.61 bits per heavy atom. The molecule has 2 fully saturated rings. The molecule has 0 bridgehead atoms. The molecule has 1 unspecified atom stereocenters. The molecule has 36 heavy (non-hydrogen) atoms. The molecule has 0 aromatic rings. The predicted molar refractivity (Wildman–Crippen MR) is 141 cm³/mol. The SMILES string of the molecule is CC(CC(C)(C)CN[C@H]1CC[C@@H]2CN(C(=O)[C@H](CC(C)(C)C)NC(=O)O)C[C@@H]21)NC(=O)OC(C)(C)C. The molecule has 0 spiro atoms. The number of carboxylic acid groups (broad SMARTS) is 1. The average Bonchev–Trinajstić information content (AvgIpc) is 3.22. The number of rotatable bonds is 9. The van der Waals surface area contributed by atoms with E-state index in [-0.39, 0.29) is 22.8 Å². The molecule has 9 nitrogen and oxygen atoms in total. The number of likely N-dealkylation sites (tertiary alicyclic amines) is 1. The molecule has 3 amide bonds. The summed E-state index contributed by atoms with van der Waals surface area (Å²) in [6, 6.07) is -0.408. The molecule has 5 atom stereocenters. The fourth-order valence-electron chi connectivity index (χ4n) is 5.75. The number of fused-ring (bicyclic) bond motifs is 1. The van der Waals surface area contributed by atoms with Crippen LogP contribution in [0.2, 0.25) is 0 Å². The van der Waals surface area contributed by atoms with E-state index in [9.17, 15) is 19.5 Å². The van der Waals surface area contributed by atoms with Crippen molar-refractivity contribution >= 4 is 18.1 Å². The van der Waals surface area contributed by atoms with Crippen LogP contribution >= 0.6 is 0 Å². The molecule has 208 valence electrons. The van der Waals surface area contributed by atoms with E-state index in [2.05, 4.69) is 29.8 Å². The summed E-state index contributed by atoms with van der Waals surface area (Å²) in [5.74, 6) is 0.715. The molecule has 0 radical (unpaired) electrons. The number of ether oxygens (including phenoxy) is 1. The van der Waals surface area contributed by atoms with E-state index in [1.54, 1.807) is 0 Å². The maximum Gasteiger partial charge on any atom is 0.407 e. The molecule has 1 heterocycles. The quantitative estimate of drug-likeness (QED) is 0.369. The summed E-state index contributed by atoms with van der Waals surface area (Å²) in [4.78, 5) is 38.5. The lowest BCUT2D eigenvalue weighted by Crippen LogP contribution is -2.50. The topological polar surface area (TPSA) is 120 Å². The molecular formula is C27H50N4O5. The molecular weight excluding hydrogens is 460 g/mol. The largest absolute Gasteiger partial charge is 0.465 e. The zero-order valence-electron chi connectivity index (χ0n) is 23.9. The summed E-state index contributed by atoms with van der Waals surface area (Å²) in [5.41, 5.74) is -0.722. The van der Waals surface area contributed by atoms with E-state index in [0.717, 1.165) is 25.8 Å². The third-order valence-corrected chi connectivity index (χ3v) is 7.05. The standard InChI is InChI=1S/C27H50N4O5/c1-17(29-24(35)36-26(5,6)7)12-27(8,9)16-28-20-11-10-18-14-31(15-19(18)20)22(32)21(30-23(33)34)13-25(2,3)4/h17-21,28,30H,10-16H2,1-9H3,(H,29,35)(H,33,34)/t17?,18-,19+,20+,21+/m1/s1. The van der Waals surface area contributed by atoms with Gasteiger partial charge in [-0.2, -0.15) is 0 Å². The summed E-state index contributed by atoms with van der Waals surface area (Å²) < 4.78 is 5.37. The summed E-state index contributed by atoms with van der Waals surface area (Å²) in [5, 5.41) is 18.4. The van der Waals surface area contributed by atoms with Crippen LogP contribution in [0.4, 0.5) is 9.59 Å². The fourth-order valence-corrected chi connectivity index (χ4v) is 5.75. The van der Waals surface area contributed by atoms with Crippen LogP contribution in [0.3, 0.4) is 0 Å². The van der Waals surface area contributed by atoms with Gasteiger partial charge in [-0.15, -0.1) is 0 Å². The van der Waals surface area contributed by atoms with E-state index < -0.39 is 23.8 Å². The van der Waals surface area contributed by atoms with Gasteiger partial charge in [0.05, 0.1) is 0 Å². The highest BCUT2D eigenvalue weighted by atomic mass is 16.6. The first-order valence-corrected chi connectivity index (χ1v) is 13.4. The lowest BCUT2D eigenvalue weighted by atomic mass is 9.85. The predicted octanol–water partition coefficient (Wildman–Crippen LogP) is 4.21. The van der Waals surface area contributed by atoms with Crippen molar-refractivity contribution in [2.45, 2.75) is 112 Å². The number of carbonyl (C=O) groups excluding carboxylic acids is 2. The van der Waals surface area contributed by atoms with Crippen LogP contribution in [0.1, 0.15) is 88.0 Å². The van der Waals surface area contributed by atoms with Gasteiger partial charge in [-0.25, -0.2) is 9.59 Å². The summed E-state index contributed by atoms with van der Waals surface area (Å²) in [6.07, 6.45) is 1.87. The van der Waals surface area contributed by atoms with Gasteiger partial charge in [-0.1, -0.05) is 34.6 Å². The Morgan fingerprint density at radius 3 is 2.17 bits per heavy atom. The third-order valence-electron chi connectivity index (χ3n) is 7.05. The monoisotopic (exact) mass is 510 g/mol. The zero-order chi connectivity index (χ0) is 27.5. The van der Waals surface area contributed by atoms with Gasteiger partial charge in [0.1, 0.15) is 11.6 Å². The maximum absolute atomic E-state index is 13.2. The molecule has 1 aliphatic carbocycles. The minimum Gasteiger partial charge on any atom is -0.465 e. The van der Waals surface area contributed by atoms with Crippen molar-refractivity contribution in [2.24, 2.45) is 22.7 Å². The molecule has 1 saturated carbocycles. The van der Waals surface area contributed by atoms with Crippen LogP contribution in [0.25, 0.3) is 0 Å². The molecule has 2 rings (SSSR count). The number of alkyl carbamates (subject to hydrolysis) is 1. The van der Waals surface area contributed by atoms with Gasteiger partial charge < -0.3 is 30.7 Å². The second-order valence-electron chi connectivity index (χ2n) is 13.9. The number of nitrogens with one attached hydrogen (secondary N) is 3. The molecule has 2 aliphatic rings. The van der Waals surface area contributed by atoms with Crippen molar-refractivity contribution in [3.63, 3.8) is 0 Å². The van der Waals surface area contributed by atoms with Crippen molar-refractivity contribution in [2.75, 3.05) is 19.6 Å². The Kier molecular flexibility index (Phi) is 9.70. The average molecular weight is 511 g/mol. The van der Waals surface area contributed by atoms with Crippen LogP contribution in [0.5, 0.6) is 0 Å². The Balaban J connectivity index is 1.89. The summed E-state index contributed by atoms with van der Waals surface area (Å²) >= 11 is 0. The minimum absolute atomic E-state index is 0.0194. The molecule has 0 aromatic carbocycles. The number of amides is 3. The number of hydrogen-bond donors (Lipinski definition) is 4.